The first-order valence-electron chi connectivity index (χ1n) is 5.51. The van der Waals surface area contributed by atoms with Crippen LogP contribution < -0.4 is 5.73 Å². The van der Waals surface area contributed by atoms with E-state index in [0.717, 1.165) is 23.7 Å². The van der Waals surface area contributed by atoms with Crippen molar-refractivity contribution in [2.75, 3.05) is 0 Å². The second-order valence-corrected chi connectivity index (χ2v) is 4.77. The molecule has 2 rings (SSSR count). The molecule has 0 aromatic heterocycles. The van der Waals surface area contributed by atoms with Crippen LogP contribution >= 0.6 is 0 Å². The van der Waals surface area contributed by atoms with Gasteiger partial charge in [-0.3, -0.25) is 0 Å². The molecule has 0 saturated heterocycles. The third-order valence-electron chi connectivity index (χ3n) is 4.44. The summed E-state index contributed by atoms with van der Waals surface area (Å²) in [5.74, 6) is 3.56. The van der Waals surface area contributed by atoms with Gasteiger partial charge in [0.25, 0.3) is 0 Å². The van der Waals surface area contributed by atoms with Crippen LogP contribution in [0.5, 0.6) is 0 Å². The van der Waals surface area contributed by atoms with Crippen molar-refractivity contribution < 1.29 is 0 Å². The highest BCUT2D eigenvalue weighted by atomic mass is 14.7. The molecule has 0 aliphatic heterocycles. The largest absolute Gasteiger partial charge is 0.327 e. The average Bonchev–Trinajstić information content (AvgIpc) is 2.22. The van der Waals surface area contributed by atoms with E-state index >= 15 is 0 Å². The Morgan fingerprint density at radius 1 is 1.25 bits per heavy atom. The van der Waals surface area contributed by atoms with Gasteiger partial charge in [-0.25, -0.2) is 0 Å². The van der Waals surface area contributed by atoms with Crippen molar-refractivity contribution in [1.29, 1.82) is 0 Å². The quantitative estimate of drug-likeness (QED) is 0.637. The molecule has 70 valence electrons. The molecule has 0 heterocycles. The lowest BCUT2D eigenvalue weighted by Gasteiger charge is -2.27. The van der Waals surface area contributed by atoms with Crippen molar-refractivity contribution in [3.8, 4) is 0 Å². The van der Waals surface area contributed by atoms with E-state index in [1.165, 1.54) is 25.7 Å². The SMILES string of the molecule is CCC1C(C)C2CCCC1C2N. The van der Waals surface area contributed by atoms with Gasteiger partial charge in [-0.1, -0.05) is 26.7 Å². The minimum atomic E-state index is 0.540. The van der Waals surface area contributed by atoms with Crippen molar-refractivity contribution in [3.63, 3.8) is 0 Å². The normalized spacial score (nSPS) is 52.8. The molecule has 2 fully saturated rings. The molecule has 1 nitrogen and oxygen atoms in total. The molecule has 0 spiro atoms. The Balaban J connectivity index is 2.18. The molecule has 2 aliphatic rings. The number of hydrogen-bond acceptors (Lipinski definition) is 1. The van der Waals surface area contributed by atoms with Crippen LogP contribution in [0.3, 0.4) is 0 Å². The van der Waals surface area contributed by atoms with E-state index < -0.39 is 0 Å². The zero-order valence-electron chi connectivity index (χ0n) is 8.29. The highest BCUT2D eigenvalue weighted by molar-refractivity contribution is 4.99. The maximum Gasteiger partial charge on any atom is 0.0101 e. The van der Waals surface area contributed by atoms with Gasteiger partial charge in [-0.2, -0.15) is 0 Å². The lowest BCUT2D eigenvalue weighted by molar-refractivity contribution is 0.276. The van der Waals surface area contributed by atoms with E-state index in [9.17, 15) is 0 Å². The van der Waals surface area contributed by atoms with E-state index in [1.807, 2.05) is 0 Å². The van der Waals surface area contributed by atoms with Gasteiger partial charge in [0.1, 0.15) is 0 Å². The Kier molecular flexibility index (Phi) is 2.16. The molecule has 5 unspecified atom stereocenters. The molecule has 12 heavy (non-hydrogen) atoms. The number of rotatable bonds is 1. The van der Waals surface area contributed by atoms with Crippen molar-refractivity contribution >= 4 is 0 Å². The summed E-state index contributed by atoms with van der Waals surface area (Å²) < 4.78 is 0. The lowest BCUT2D eigenvalue weighted by atomic mass is 9.82. The van der Waals surface area contributed by atoms with Crippen molar-refractivity contribution in [3.05, 3.63) is 0 Å². The van der Waals surface area contributed by atoms with Gasteiger partial charge >= 0.3 is 0 Å². The van der Waals surface area contributed by atoms with Gasteiger partial charge in [0.05, 0.1) is 0 Å². The summed E-state index contributed by atoms with van der Waals surface area (Å²) in [4.78, 5) is 0. The molecule has 2 N–H and O–H groups in total. The fourth-order valence-corrected chi connectivity index (χ4v) is 3.79. The second kappa shape index (κ2) is 3.02. The van der Waals surface area contributed by atoms with Crippen LogP contribution in [0.2, 0.25) is 0 Å². The Hall–Kier alpha value is -0.0400. The molecule has 2 saturated carbocycles. The third kappa shape index (κ3) is 1.02. The zero-order chi connectivity index (χ0) is 8.72. The van der Waals surface area contributed by atoms with Crippen LogP contribution in [0.15, 0.2) is 0 Å². The smallest absolute Gasteiger partial charge is 0.0101 e. The Bertz CT molecular complexity index is 166. The molecule has 1 heteroatoms. The topological polar surface area (TPSA) is 26.0 Å². The van der Waals surface area contributed by atoms with Crippen LogP contribution in [0.1, 0.15) is 39.5 Å². The Morgan fingerprint density at radius 2 is 1.92 bits per heavy atom. The summed E-state index contributed by atoms with van der Waals surface area (Å²) in [6, 6.07) is 0.540. The van der Waals surface area contributed by atoms with Gasteiger partial charge in [0, 0.05) is 6.04 Å². The molecular formula is C11H21N. The molecular weight excluding hydrogens is 146 g/mol. The van der Waals surface area contributed by atoms with Crippen molar-refractivity contribution in [1.82, 2.24) is 0 Å². The van der Waals surface area contributed by atoms with E-state index in [1.54, 1.807) is 0 Å². The van der Waals surface area contributed by atoms with Crippen molar-refractivity contribution in [2.45, 2.75) is 45.6 Å². The molecule has 0 amide bonds. The summed E-state index contributed by atoms with van der Waals surface area (Å²) in [5.41, 5.74) is 6.24. The lowest BCUT2D eigenvalue weighted by Crippen LogP contribution is -2.36. The highest BCUT2D eigenvalue weighted by Gasteiger charge is 2.47. The summed E-state index contributed by atoms with van der Waals surface area (Å²) in [5, 5.41) is 0. The molecule has 0 radical (unpaired) electrons. The first kappa shape index (κ1) is 8.55. The maximum atomic E-state index is 6.24. The molecule has 0 aromatic rings. The molecule has 2 bridgehead atoms. The van der Waals surface area contributed by atoms with Gasteiger partial charge in [-0.05, 0) is 36.5 Å². The Labute approximate surface area is 75.7 Å². The number of hydrogen-bond donors (Lipinski definition) is 1. The standard InChI is InChI=1S/C11H21N/c1-3-8-7(2)9-5-4-6-10(8)11(9)12/h7-11H,3-6,12H2,1-2H3. The minimum absolute atomic E-state index is 0.540. The van der Waals surface area contributed by atoms with Crippen LogP contribution in [0.4, 0.5) is 0 Å². The minimum Gasteiger partial charge on any atom is -0.327 e. The van der Waals surface area contributed by atoms with Crippen LogP contribution in [-0.2, 0) is 0 Å². The summed E-state index contributed by atoms with van der Waals surface area (Å²) in [7, 11) is 0. The summed E-state index contributed by atoms with van der Waals surface area (Å²) >= 11 is 0. The summed E-state index contributed by atoms with van der Waals surface area (Å²) in [6.45, 7) is 4.75. The first-order valence-corrected chi connectivity index (χ1v) is 5.51. The maximum absolute atomic E-state index is 6.24. The average molecular weight is 167 g/mol. The summed E-state index contributed by atoms with van der Waals surface area (Å²) in [6.07, 6.45) is 5.58. The molecule has 2 aliphatic carbocycles. The second-order valence-electron chi connectivity index (χ2n) is 4.77. The first-order chi connectivity index (χ1) is 5.75. The predicted octanol–water partition coefficient (Wildman–Crippen LogP) is 2.41. The molecule has 0 aromatic carbocycles. The van der Waals surface area contributed by atoms with Gasteiger partial charge in [0.2, 0.25) is 0 Å². The predicted molar refractivity (Wildman–Crippen MR) is 51.8 cm³/mol. The Morgan fingerprint density at radius 3 is 2.50 bits per heavy atom. The number of nitrogens with two attached hydrogens (primary N) is 1. The van der Waals surface area contributed by atoms with E-state index in [-0.39, 0.29) is 0 Å². The van der Waals surface area contributed by atoms with Crippen molar-refractivity contribution in [2.24, 2.45) is 29.4 Å². The fourth-order valence-electron chi connectivity index (χ4n) is 3.79. The zero-order valence-corrected chi connectivity index (χ0v) is 8.29. The van der Waals surface area contributed by atoms with E-state index in [4.69, 9.17) is 5.73 Å². The molecule has 5 atom stereocenters. The van der Waals surface area contributed by atoms with Gasteiger partial charge in [0.15, 0.2) is 0 Å². The van der Waals surface area contributed by atoms with Crippen LogP contribution in [-0.4, -0.2) is 6.04 Å². The third-order valence-corrected chi connectivity index (χ3v) is 4.44. The monoisotopic (exact) mass is 167 g/mol. The van der Waals surface area contributed by atoms with Crippen LogP contribution in [0.25, 0.3) is 0 Å². The van der Waals surface area contributed by atoms with Gasteiger partial charge < -0.3 is 5.73 Å². The van der Waals surface area contributed by atoms with E-state index in [2.05, 4.69) is 13.8 Å². The number of fused-ring (bicyclic) bond motifs is 2. The van der Waals surface area contributed by atoms with E-state index in [0.29, 0.717) is 6.04 Å². The fraction of sp³-hybridized carbons (Fsp3) is 1.00. The van der Waals surface area contributed by atoms with Crippen LogP contribution in [0, 0.1) is 23.7 Å². The van der Waals surface area contributed by atoms with Gasteiger partial charge in [-0.15, -0.1) is 0 Å². The highest BCUT2D eigenvalue weighted by Crippen LogP contribution is 2.49.